The molecule has 34 heavy (non-hydrogen) atoms. The van der Waals surface area contributed by atoms with E-state index >= 15 is 0 Å². The predicted molar refractivity (Wildman–Crippen MR) is 103 cm³/mol. The van der Waals surface area contributed by atoms with E-state index in [9.17, 15) is 51.1 Å². The Hall–Kier alpha value is -0.640. The summed E-state index contributed by atoms with van der Waals surface area (Å²) >= 11 is 0. The van der Waals surface area contributed by atoms with Crippen molar-refractivity contribution in [2.75, 3.05) is 26.4 Å². The Kier molecular flexibility index (Phi) is 11.4. The largest absolute Gasteiger partial charge is 0.394 e. The maximum atomic E-state index is 10.4. The van der Waals surface area contributed by atoms with Gasteiger partial charge in [0.05, 0.1) is 26.4 Å². The van der Waals surface area contributed by atoms with E-state index in [1.165, 1.54) is 0 Å². The lowest BCUT2D eigenvalue weighted by atomic mass is 10.0. The third-order valence-corrected chi connectivity index (χ3v) is 5.71. The molecular formula is C18H34O16. The standard InChI is InChI=1S/C18H34O16/c19-1-5(23)9(26)16(34-18-13(30)11(28)15(33-18)7(25)3-21)8(4-22)31-17-12(29)10(27)14(32-17)6(24)2-20/h5-30H,1-4H2/t5-,6-,7-,8+,9+,10-,11-,12-,13-,14+,15+,16-,17+,18+/m1/s1. The summed E-state index contributed by atoms with van der Waals surface area (Å²) in [5, 5.41) is 117. The van der Waals surface area contributed by atoms with Gasteiger partial charge in [0.15, 0.2) is 12.6 Å². The molecule has 2 aliphatic rings. The molecule has 0 bridgehead atoms. The first-order chi connectivity index (χ1) is 16.0. The minimum absolute atomic E-state index is 0.822. The lowest BCUT2D eigenvalue weighted by molar-refractivity contribution is -0.281. The summed E-state index contributed by atoms with van der Waals surface area (Å²) in [6.07, 6.45) is -24.2. The summed E-state index contributed by atoms with van der Waals surface area (Å²) in [4.78, 5) is 0. The lowest BCUT2D eigenvalue weighted by Gasteiger charge is -2.35. The highest BCUT2D eigenvalue weighted by atomic mass is 16.7. The zero-order valence-corrected chi connectivity index (χ0v) is 17.9. The molecule has 0 amide bonds. The molecule has 0 radical (unpaired) electrons. The Morgan fingerprint density at radius 3 is 1.41 bits per heavy atom. The quantitative estimate of drug-likeness (QED) is 0.110. The fraction of sp³-hybridized carbons (Fsp3) is 1.00. The molecule has 0 unspecified atom stereocenters. The van der Waals surface area contributed by atoms with Crippen LogP contribution >= 0.6 is 0 Å². The first-order valence-electron chi connectivity index (χ1n) is 10.5. The molecule has 2 heterocycles. The molecule has 2 rings (SSSR count). The second-order valence-corrected chi connectivity index (χ2v) is 8.10. The maximum absolute atomic E-state index is 10.4. The van der Waals surface area contributed by atoms with Gasteiger partial charge in [0.1, 0.15) is 73.2 Å². The third-order valence-electron chi connectivity index (χ3n) is 5.71. The SMILES string of the molecule is OC[C@@H](O)[C@H](O)[C@H](O[C@@H]1O[C@@H]([C@H](O)CO)[C@H](O)[C@H]1O)[C@H](CO)O[C@H]1O[C@@H]([C@H](O)CO)[C@H](O)[C@H]1O. The molecular weight excluding hydrogens is 472 g/mol. The van der Waals surface area contributed by atoms with Crippen LogP contribution in [0.3, 0.4) is 0 Å². The van der Waals surface area contributed by atoms with Gasteiger partial charge in [-0.2, -0.15) is 0 Å². The average molecular weight is 506 g/mol. The molecule has 0 spiro atoms. The van der Waals surface area contributed by atoms with E-state index in [0.29, 0.717) is 0 Å². The van der Waals surface area contributed by atoms with Gasteiger partial charge in [-0.1, -0.05) is 0 Å². The van der Waals surface area contributed by atoms with Crippen molar-refractivity contribution < 1.29 is 80.2 Å². The van der Waals surface area contributed by atoms with Crippen LogP contribution in [0, 0.1) is 0 Å². The van der Waals surface area contributed by atoms with Crippen LogP contribution in [-0.4, -0.2) is 174 Å². The Balaban J connectivity index is 2.22. The van der Waals surface area contributed by atoms with Crippen molar-refractivity contribution in [2.24, 2.45) is 0 Å². The number of hydrogen-bond donors (Lipinski definition) is 12. The minimum atomic E-state index is -2.01. The second-order valence-electron chi connectivity index (χ2n) is 8.10. The smallest absolute Gasteiger partial charge is 0.187 e. The van der Waals surface area contributed by atoms with E-state index in [0.717, 1.165) is 0 Å². The van der Waals surface area contributed by atoms with E-state index in [4.69, 9.17) is 29.2 Å². The van der Waals surface area contributed by atoms with Gasteiger partial charge in [0.2, 0.25) is 0 Å². The first-order valence-corrected chi connectivity index (χ1v) is 10.5. The normalized spacial score (nSPS) is 39.5. The Morgan fingerprint density at radius 2 is 1.03 bits per heavy atom. The molecule has 2 fully saturated rings. The molecule has 0 aliphatic carbocycles. The van der Waals surface area contributed by atoms with Crippen LogP contribution in [0.5, 0.6) is 0 Å². The van der Waals surface area contributed by atoms with Crippen molar-refractivity contribution >= 4 is 0 Å². The van der Waals surface area contributed by atoms with Crippen LogP contribution in [0.15, 0.2) is 0 Å². The van der Waals surface area contributed by atoms with Crippen molar-refractivity contribution in [2.45, 2.75) is 85.8 Å². The number of ether oxygens (including phenoxy) is 4. The molecule has 16 heteroatoms. The van der Waals surface area contributed by atoms with E-state index in [1.807, 2.05) is 0 Å². The molecule has 202 valence electrons. The van der Waals surface area contributed by atoms with Crippen molar-refractivity contribution in [3.63, 3.8) is 0 Å². The maximum Gasteiger partial charge on any atom is 0.187 e. The van der Waals surface area contributed by atoms with Gasteiger partial charge >= 0.3 is 0 Å². The Morgan fingerprint density at radius 1 is 0.588 bits per heavy atom. The topological polar surface area (TPSA) is 280 Å². The molecule has 14 atom stereocenters. The van der Waals surface area contributed by atoms with E-state index in [-0.39, 0.29) is 0 Å². The van der Waals surface area contributed by atoms with Gasteiger partial charge in [-0.25, -0.2) is 0 Å². The fourth-order valence-corrected chi connectivity index (χ4v) is 3.68. The number of hydrogen-bond acceptors (Lipinski definition) is 16. The van der Waals surface area contributed by atoms with Crippen molar-refractivity contribution in [1.82, 2.24) is 0 Å². The number of aliphatic hydroxyl groups excluding tert-OH is 12. The summed E-state index contributed by atoms with van der Waals surface area (Å²) < 4.78 is 21.2. The first kappa shape index (κ1) is 29.6. The van der Waals surface area contributed by atoms with Crippen molar-refractivity contribution in [3.8, 4) is 0 Å². The third kappa shape index (κ3) is 6.37. The highest BCUT2D eigenvalue weighted by Crippen LogP contribution is 2.30. The Labute approximate surface area is 193 Å². The molecule has 2 aliphatic heterocycles. The summed E-state index contributed by atoms with van der Waals surface area (Å²) in [5.74, 6) is 0. The summed E-state index contributed by atoms with van der Waals surface area (Å²) in [5.41, 5.74) is 0. The van der Waals surface area contributed by atoms with Crippen LogP contribution in [0.4, 0.5) is 0 Å². The average Bonchev–Trinajstić information content (AvgIpc) is 3.29. The van der Waals surface area contributed by atoms with Gasteiger partial charge in [-0.3, -0.25) is 0 Å². The lowest BCUT2D eigenvalue weighted by Crippen LogP contribution is -2.53. The summed E-state index contributed by atoms with van der Waals surface area (Å²) in [7, 11) is 0. The summed E-state index contributed by atoms with van der Waals surface area (Å²) in [6, 6.07) is 0. The van der Waals surface area contributed by atoms with Gasteiger partial charge in [0, 0.05) is 0 Å². The van der Waals surface area contributed by atoms with Crippen LogP contribution in [0.2, 0.25) is 0 Å². The van der Waals surface area contributed by atoms with Gasteiger partial charge in [0.25, 0.3) is 0 Å². The molecule has 0 aromatic carbocycles. The summed E-state index contributed by atoms with van der Waals surface area (Å²) in [6.45, 7) is -3.62. The molecule has 16 nitrogen and oxygen atoms in total. The molecule has 0 saturated carbocycles. The second kappa shape index (κ2) is 13.1. The van der Waals surface area contributed by atoms with Gasteiger partial charge < -0.3 is 80.2 Å². The van der Waals surface area contributed by atoms with Gasteiger partial charge in [-0.05, 0) is 0 Å². The monoisotopic (exact) mass is 506 g/mol. The van der Waals surface area contributed by atoms with Gasteiger partial charge in [-0.15, -0.1) is 0 Å². The number of aliphatic hydroxyl groups is 12. The predicted octanol–water partition coefficient (Wildman–Crippen LogP) is -7.94. The van der Waals surface area contributed by atoms with Crippen LogP contribution in [0.1, 0.15) is 0 Å². The fourth-order valence-electron chi connectivity index (χ4n) is 3.68. The Bertz CT molecular complexity index is 598. The zero-order chi connectivity index (χ0) is 25.7. The molecule has 0 aromatic rings. The molecule has 2 saturated heterocycles. The molecule has 0 aromatic heterocycles. The van der Waals surface area contributed by atoms with Crippen molar-refractivity contribution in [1.29, 1.82) is 0 Å². The van der Waals surface area contributed by atoms with Crippen molar-refractivity contribution in [3.05, 3.63) is 0 Å². The molecule has 12 N–H and O–H groups in total. The minimum Gasteiger partial charge on any atom is -0.394 e. The van der Waals surface area contributed by atoms with Crippen LogP contribution in [-0.2, 0) is 18.9 Å². The number of rotatable bonds is 13. The zero-order valence-electron chi connectivity index (χ0n) is 17.9. The van der Waals surface area contributed by atoms with Crippen LogP contribution < -0.4 is 0 Å². The van der Waals surface area contributed by atoms with E-state index in [1.54, 1.807) is 0 Å². The van der Waals surface area contributed by atoms with E-state index in [2.05, 4.69) is 0 Å². The van der Waals surface area contributed by atoms with E-state index < -0.39 is 112 Å². The highest BCUT2D eigenvalue weighted by Gasteiger charge is 2.51. The van der Waals surface area contributed by atoms with Crippen LogP contribution in [0.25, 0.3) is 0 Å². The highest BCUT2D eigenvalue weighted by molar-refractivity contribution is 4.94.